The summed E-state index contributed by atoms with van der Waals surface area (Å²) in [6.07, 6.45) is 2.66. The third-order valence-corrected chi connectivity index (χ3v) is 7.67. The average molecular weight is 556 g/mol. The van der Waals surface area contributed by atoms with Gasteiger partial charge in [-0.15, -0.1) is 0 Å². The Kier molecular flexibility index (Phi) is 7.84. The highest BCUT2D eigenvalue weighted by Gasteiger charge is 2.48. The summed E-state index contributed by atoms with van der Waals surface area (Å²) in [7, 11) is 3.10. The summed E-state index contributed by atoms with van der Waals surface area (Å²) in [6.45, 7) is 12.8. The van der Waals surface area contributed by atoms with Crippen molar-refractivity contribution in [3.8, 4) is 17.2 Å². The molecule has 1 saturated carbocycles. The standard InChI is InChI=1S/C30H41N3O7/c1-16-14-17(2)31-26(34)23(16)33(8)27(35)21-15-22(37-9)25-24(18(21)3)38-30(7,39-25)19-10-12-20(13-11-19)32-28(36)40-29(4,5)6/h14-15,19-20H,10-13H2,1-9H3,(H,31,34)(H,32,36)/t19-,20-,30?. The zero-order valence-electron chi connectivity index (χ0n) is 24.9. The number of benzene rings is 1. The number of rotatable bonds is 5. The molecule has 2 N–H and O–H groups in total. The molecular weight excluding hydrogens is 514 g/mol. The number of carbonyl (C=O) groups excluding carboxylic acids is 2. The minimum Gasteiger partial charge on any atom is -0.493 e. The summed E-state index contributed by atoms with van der Waals surface area (Å²) < 4.78 is 23.9. The van der Waals surface area contributed by atoms with Crippen molar-refractivity contribution in [1.29, 1.82) is 0 Å². The Morgan fingerprint density at radius 2 is 1.70 bits per heavy atom. The summed E-state index contributed by atoms with van der Waals surface area (Å²) in [5.41, 5.74) is 1.80. The Labute approximate surface area is 235 Å². The average Bonchev–Trinajstić information content (AvgIpc) is 3.21. The molecule has 4 rings (SSSR count). The number of pyridine rings is 1. The van der Waals surface area contributed by atoms with Gasteiger partial charge in [-0.05, 0) is 84.9 Å². The SMILES string of the molecule is COc1cc(C(=O)N(C)c2c(C)cc(C)[nH]c2=O)c(C)c2c1OC(C)([C@H]1CC[C@H](NC(=O)OC(C)(C)C)CC1)O2. The third-order valence-electron chi connectivity index (χ3n) is 7.67. The van der Waals surface area contributed by atoms with E-state index in [2.05, 4.69) is 10.3 Å². The van der Waals surface area contributed by atoms with E-state index in [0.717, 1.165) is 31.4 Å². The van der Waals surface area contributed by atoms with E-state index in [-0.39, 0.29) is 29.1 Å². The maximum absolute atomic E-state index is 13.7. The molecule has 1 aromatic heterocycles. The number of fused-ring (bicyclic) bond motifs is 1. The summed E-state index contributed by atoms with van der Waals surface area (Å²) >= 11 is 0. The van der Waals surface area contributed by atoms with Crippen LogP contribution in [0.5, 0.6) is 17.2 Å². The number of nitrogens with zero attached hydrogens (tertiary/aromatic N) is 1. The van der Waals surface area contributed by atoms with E-state index < -0.39 is 17.5 Å². The summed E-state index contributed by atoms with van der Waals surface area (Å²) in [5, 5.41) is 2.97. The van der Waals surface area contributed by atoms with Crippen LogP contribution in [0.2, 0.25) is 0 Å². The molecule has 10 heteroatoms. The molecule has 10 nitrogen and oxygen atoms in total. The molecule has 218 valence electrons. The number of nitrogens with one attached hydrogen (secondary N) is 2. The molecular formula is C30H41N3O7. The highest BCUT2D eigenvalue weighted by Crippen LogP contribution is 2.53. The van der Waals surface area contributed by atoms with E-state index in [0.29, 0.717) is 33.9 Å². The van der Waals surface area contributed by atoms with Crippen molar-refractivity contribution in [3.05, 3.63) is 44.9 Å². The van der Waals surface area contributed by atoms with Gasteiger partial charge in [0.2, 0.25) is 5.75 Å². The van der Waals surface area contributed by atoms with Crippen LogP contribution < -0.4 is 30.0 Å². The van der Waals surface area contributed by atoms with Crippen LogP contribution in [0, 0.1) is 26.7 Å². The lowest BCUT2D eigenvalue weighted by Gasteiger charge is -2.37. The molecule has 0 bridgehead atoms. The van der Waals surface area contributed by atoms with Gasteiger partial charge in [-0.25, -0.2) is 4.79 Å². The molecule has 40 heavy (non-hydrogen) atoms. The largest absolute Gasteiger partial charge is 0.493 e. The van der Waals surface area contributed by atoms with E-state index in [9.17, 15) is 14.4 Å². The van der Waals surface area contributed by atoms with Crippen molar-refractivity contribution in [2.45, 2.75) is 91.6 Å². The van der Waals surface area contributed by atoms with E-state index in [1.165, 1.54) is 12.0 Å². The number of ether oxygens (including phenoxy) is 4. The third kappa shape index (κ3) is 5.76. The molecule has 1 atom stereocenters. The Morgan fingerprint density at radius 3 is 2.27 bits per heavy atom. The summed E-state index contributed by atoms with van der Waals surface area (Å²) in [4.78, 5) is 42.7. The van der Waals surface area contributed by atoms with E-state index in [1.807, 2.05) is 40.7 Å². The van der Waals surface area contributed by atoms with Crippen LogP contribution in [0.25, 0.3) is 0 Å². The quantitative estimate of drug-likeness (QED) is 0.523. The van der Waals surface area contributed by atoms with Crippen molar-refractivity contribution in [2.24, 2.45) is 5.92 Å². The predicted molar refractivity (Wildman–Crippen MR) is 152 cm³/mol. The molecule has 1 aromatic carbocycles. The van der Waals surface area contributed by atoms with Crippen LogP contribution in [0.1, 0.15) is 80.6 Å². The van der Waals surface area contributed by atoms with Gasteiger partial charge >= 0.3 is 6.09 Å². The van der Waals surface area contributed by atoms with Crippen LogP contribution in [0.3, 0.4) is 0 Å². The number of H-pyrrole nitrogens is 1. The number of carbonyl (C=O) groups is 2. The van der Waals surface area contributed by atoms with Crippen LogP contribution in [0.4, 0.5) is 10.5 Å². The molecule has 1 aliphatic carbocycles. The van der Waals surface area contributed by atoms with Gasteiger partial charge in [0, 0.05) is 37.2 Å². The number of anilines is 1. The first-order chi connectivity index (χ1) is 18.6. The highest BCUT2D eigenvalue weighted by atomic mass is 16.7. The van der Waals surface area contributed by atoms with Gasteiger partial charge in [0.15, 0.2) is 11.5 Å². The zero-order chi connectivity index (χ0) is 29.6. The molecule has 0 radical (unpaired) electrons. The van der Waals surface area contributed by atoms with Gasteiger partial charge in [-0.2, -0.15) is 0 Å². The Morgan fingerprint density at radius 1 is 1.07 bits per heavy atom. The maximum Gasteiger partial charge on any atom is 0.407 e. The second-order valence-corrected chi connectivity index (χ2v) is 12.0. The predicted octanol–water partition coefficient (Wildman–Crippen LogP) is 5.16. The number of aromatic nitrogens is 1. The number of hydrogen-bond acceptors (Lipinski definition) is 7. The first-order valence-corrected chi connectivity index (χ1v) is 13.7. The maximum atomic E-state index is 13.7. The van der Waals surface area contributed by atoms with Gasteiger partial charge < -0.3 is 34.1 Å². The first kappa shape index (κ1) is 29.3. The van der Waals surface area contributed by atoms with Gasteiger partial charge in [-0.3, -0.25) is 9.59 Å². The van der Waals surface area contributed by atoms with Crippen molar-refractivity contribution in [1.82, 2.24) is 10.3 Å². The molecule has 1 unspecified atom stereocenters. The van der Waals surface area contributed by atoms with E-state index in [1.54, 1.807) is 27.0 Å². The number of methoxy groups -OCH3 is 1. The number of hydrogen-bond donors (Lipinski definition) is 2. The molecule has 1 fully saturated rings. The van der Waals surface area contributed by atoms with Crippen LogP contribution in [-0.2, 0) is 4.74 Å². The number of aromatic amines is 1. The van der Waals surface area contributed by atoms with Crippen LogP contribution in [-0.4, -0.2) is 48.6 Å². The number of aryl methyl sites for hydroxylation is 2. The molecule has 2 aromatic rings. The normalized spacial score (nSPS) is 22.0. The monoisotopic (exact) mass is 555 g/mol. The second-order valence-electron chi connectivity index (χ2n) is 12.0. The fraction of sp³-hybridized carbons (Fsp3) is 0.567. The van der Waals surface area contributed by atoms with Crippen molar-refractivity contribution in [3.63, 3.8) is 0 Å². The Hall–Kier alpha value is -3.69. The van der Waals surface area contributed by atoms with Crippen LogP contribution in [0.15, 0.2) is 16.9 Å². The van der Waals surface area contributed by atoms with Crippen molar-refractivity contribution < 1.29 is 28.5 Å². The topological polar surface area (TPSA) is 119 Å². The molecule has 2 amide bonds. The van der Waals surface area contributed by atoms with Crippen molar-refractivity contribution >= 4 is 17.7 Å². The zero-order valence-corrected chi connectivity index (χ0v) is 24.9. The molecule has 0 saturated heterocycles. The van der Waals surface area contributed by atoms with E-state index in [4.69, 9.17) is 18.9 Å². The lowest BCUT2D eigenvalue weighted by molar-refractivity contribution is -0.121. The fourth-order valence-corrected chi connectivity index (χ4v) is 5.68. The van der Waals surface area contributed by atoms with Gasteiger partial charge in [0.05, 0.1) is 12.7 Å². The Balaban J connectivity index is 1.53. The lowest BCUT2D eigenvalue weighted by Crippen LogP contribution is -2.48. The first-order valence-electron chi connectivity index (χ1n) is 13.7. The second kappa shape index (κ2) is 10.7. The number of alkyl carbamates (subject to hydrolysis) is 1. The van der Waals surface area contributed by atoms with Crippen molar-refractivity contribution in [2.75, 3.05) is 19.1 Å². The lowest BCUT2D eigenvalue weighted by atomic mass is 9.81. The molecule has 2 heterocycles. The molecule has 0 spiro atoms. The smallest absolute Gasteiger partial charge is 0.407 e. The molecule has 2 aliphatic rings. The van der Waals surface area contributed by atoms with Gasteiger partial charge in [0.25, 0.3) is 17.3 Å². The summed E-state index contributed by atoms with van der Waals surface area (Å²) in [6, 6.07) is 3.49. The minimum atomic E-state index is -0.963. The van der Waals surface area contributed by atoms with Gasteiger partial charge in [0.1, 0.15) is 11.3 Å². The fourth-order valence-electron chi connectivity index (χ4n) is 5.68. The molecule has 1 aliphatic heterocycles. The van der Waals surface area contributed by atoms with Gasteiger partial charge in [-0.1, -0.05) is 0 Å². The van der Waals surface area contributed by atoms with E-state index >= 15 is 0 Å². The number of amides is 2. The summed E-state index contributed by atoms with van der Waals surface area (Å²) in [5.74, 6) is 0.0339. The minimum absolute atomic E-state index is 0.0166. The Bertz CT molecular complexity index is 1370. The highest BCUT2D eigenvalue weighted by molar-refractivity contribution is 6.08. The van der Waals surface area contributed by atoms with Crippen LogP contribution >= 0.6 is 0 Å².